The molecule has 1 aliphatic heterocycles. The van der Waals surface area contributed by atoms with Crippen LogP contribution in [0.15, 0.2) is 0 Å². The first-order valence-electron chi connectivity index (χ1n) is 3.61. The number of rotatable bonds is 2. The lowest BCUT2D eigenvalue weighted by atomic mass is 10.3. The molecule has 4 heteroatoms. The van der Waals surface area contributed by atoms with Crippen molar-refractivity contribution < 1.29 is 19.1 Å². The van der Waals surface area contributed by atoms with E-state index in [9.17, 15) is 9.59 Å². The number of hydrogen-bond acceptors (Lipinski definition) is 4. The van der Waals surface area contributed by atoms with Gasteiger partial charge in [0.2, 0.25) is 6.29 Å². The number of ether oxygens (including phenoxy) is 2. The van der Waals surface area contributed by atoms with E-state index in [1.54, 1.807) is 6.92 Å². The molecule has 0 aliphatic carbocycles. The Hall–Kier alpha value is -1.06. The molecule has 0 saturated carbocycles. The Morgan fingerprint density at radius 3 is 3.00 bits per heavy atom. The van der Waals surface area contributed by atoms with Crippen molar-refractivity contribution >= 4 is 11.9 Å². The minimum absolute atomic E-state index is 0.293. The van der Waals surface area contributed by atoms with Crippen LogP contribution in [-0.4, -0.2) is 18.2 Å². The van der Waals surface area contributed by atoms with Crippen LogP contribution < -0.4 is 0 Å². The molecular weight excluding hydrogens is 148 g/mol. The topological polar surface area (TPSA) is 52.6 Å². The molecule has 1 aliphatic rings. The number of hydrogen-bond donors (Lipinski definition) is 0. The van der Waals surface area contributed by atoms with Crippen molar-refractivity contribution in [1.29, 1.82) is 0 Å². The lowest BCUT2D eigenvalue weighted by molar-refractivity contribution is -0.176. The van der Waals surface area contributed by atoms with Crippen LogP contribution in [0.25, 0.3) is 0 Å². The van der Waals surface area contributed by atoms with Gasteiger partial charge in [-0.3, -0.25) is 9.59 Å². The second-order valence-corrected chi connectivity index (χ2v) is 2.30. The van der Waals surface area contributed by atoms with E-state index in [1.165, 1.54) is 0 Å². The molecule has 1 saturated heterocycles. The van der Waals surface area contributed by atoms with Gasteiger partial charge in [-0.05, 0) is 0 Å². The Balaban J connectivity index is 2.28. The molecule has 1 unspecified atom stereocenters. The molecule has 0 radical (unpaired) electrons. The summed E-state index contributed by atoms with van der Waals surface area (Å²) >= 11 is 0. The van der Waals surface area contributed by atoms with Gasteiger partial charge < -0.3 is 9.47 Å². The molecule has 4 nitrogen and oxygen atoms in total. The van der Waals surface area contributed by atoms with Gasteiger partial charge in [-0.2, -0.15) is 0 Å². The minimum atomic E-state index is -0.630. The van der Waals surface area contributed by atoms with Gasteiger partial charge in [-0.25, -0.2) is 0 Å². The fourth-order valence-corrected chi connectivity index (χ4v) is 0.813. The quantitative estimate of drug-likeness (QED) is 0.552. The Kier molecular flexibility index (Phi) is 2.46. The number of carbonyl (C=O) groups is 2. The van der Waals surface area contributed by atoms with Crippen LogP contribution in [0.2, 0.25) is 0 Å². The van der Waals surface area contributed by atoms with Gasteiger partial charge in [0.1, 0.15) is 0 Å². The summed E-state index contributed by atoms with van der Waals surface area (Å²) in [6.07, 6.45) is 0.523. The van der Waals surface area contributed by atoms with Gasteiger partial charge in [0.25, 0.3) is 0 Å². The number of carbonyl (C=O) groups excluding carboxylic acids is 2. The summed E-state index contributed by atoms with van der Waals surface area (Å²) in [5.41, 5.74) is 0. The van der Waals surface area contributed by atoms with Crippen LogP contribution in [0, 0.1) is 0 Å². The maximum atomic E-state index is 10.7. The van der Waals surface area contributed by atoms with E-state index in [0.717, 1.165) is 0 Å². The Labute approximate surface area is 64.5 Å². The van der Waals surface area contributed by atoms with Crippen molar-refractivity contribution in [2.75, 3.05) is 0 Å². The first-order chi connectivity index (χ1) is 5.22. The van der Waals surface area contributed by atoms with Crippen molar-refractivity contribution in [3.05, 3.63) is 0 Å². The summed E-state index contributed by atoms with van der Waals surface area (Å²) in [4.78, 5) is 21.2. The third kappa shape index (κ3) is 2.22. The fourth-order valence-electron chi connectivity index (χ4n) is 0.813. The molecule has 0 aromatic heterocycles. The van der Waals surface area contributed by atoms with Gasteiger partial charge in [0.15, 0.2) is 0 Å². The van der Waals surface area contributed by atoms with Crippen LogP contribution in [0.5, 0.6) is 0 Å². The van der Waals surface area contributed by atoms with E-state index in [2.05, 4.69) is 4.74 Å². The highest BCUT2D eigenvalue weighted by atomic mass is 16.7. The van der Waals surface area contributed by atoms with Crippen molar-refractivity contribution in [3.63, 3.8) is 0 Å². The highest BCUT2D eigenvalue weighted by Crippen LogP contribution is 2.14. The van der Waals surface area contributed by atoms with Gasteiger partial charge >= 0.3 is 11.9 Å². The minimum Gasteiger partial charge on any atom is -0.425 e. The molecule has 1 atom stereocenters. The van der Waals surface area contributed by atoms with Crippen LogP contribution in [0.3, 0.4) is 0 Å². The van der Waals surface area contributed by atoms with E-state index in [-0.39, 0.29) is 11.9 Å². The molecule has 62 valence electrons. The van der Waals surface area contributed by atoms with Crippen LogP contribution >= 0.6 is 0 Å². The van der Waals surface area contributed by atoms with E-state index in [4.69, 9.17) is 4.74 Å². The lowest BCUT2D eigenvalue weighted by Gasteiger charge is -2.08. The Morgan fingerprint density at radius 2 is 2.55 bits per heavy atom. The normalized spacial score (nSPS) is 23.0. The average molecular weight is 158 g/mol. The average Bonchev–Trinajstić information content (AvgIpc) is 2.35. The molecule has 0 amide bonds. The second-order valence-electron chi connectivity index (χ2n) is 2.30. The maximum Gasteiger partial charge on any atom is 0.309 e. The van der Waals surface area contributed by atoms with Crippen LogP contribution in [0.1, 0.15) is 26.2 Å². The van der Waals surface area contributed by atoms with E-state index < -0.39 is 6.29 Å². The van der Waals surface area contributed by atoms with Gasteiger partial charge in [-0.1, -0.05) is 6.92 Å². The predicted molar refractivity (Wildman–Crippen MR) is 35.5 cm³/mol. The zero-order chi connectivity index (χ0) is 8.27. The third-order valence-electron chi connectivity index (χ3n) is 1.40. The molecule has 0 N–H and O–H groups in total. The zero-order valence-electron chi connectivity index (χ0n) is 6.33. The van der Waals surface area contributed by atoms with E-state index >= 15 is 0 Å². The van der Waals surface area contributed by atoms with Crippen molar-refractivity contribution in [2.24, 2.45) is 0 Å². The second kappa shape index (κ2) is 3.37. The summed E-state index contributed by atoms with van der Waals surface area (Å²) in [6, 6.07) is 0. The number of esters is 2. The molecule has 0 aromatic rings. The van der Waals surface area contributed by atoms with Gasteiger partial charge in [0, 0.05) is 12.8 Å². The maximum absolute atomic E-state index is 10.7. The highest BCUT2D eigenvalue weighted by Gasteiger charge is 2.25. The molecule has 0 bridgehead atoms. The van der Waals surface area contributed by atoms with Gasteiger partial charge in [-0.15, -0.1) is 0 Å². The molecule has 1 fully saturated rings. The van der Waals surface area contributed by atoms with E-state index in [1.807, 2.05) is 0 Å². The molecule has 1 heterocycles. The fraction of sp³-hybridized carbons (Fsp3) is 0.714. The van der Waals surface area contributed by atoms with Crippen molar-refractivity contribution in [3.8, 4) is 0 Å². The SMILES string of the molecule is CCC(=O)OC1CCC(=O)O1. The van der Waals surface area contributed by atoms with Crippen LogP contribution in [-0.2, 0) is 19.1 Å². The highest BCUT2D eigenvalue weighted by molar-refractivity contribution is 5.73. The summed E-state index contributed by atoms with van der Waals surface area (Å²) in [6.45, 7) is 1.69. The molecule has 1 rings (SSSR count). The summed E-state index contributed by atoms with van der Waals surface area (Å²) in [5.74, 6) is -0.622. The molecule has 0 aromatic carbocycles. The summed E-state index contributed by atoms with van der Waals surface area (Å²) < 4.78 is 9.40. The van der Waals surface area contributed by atoms with Crippen molar-refractivity contribution in [2.45, 2.75) is 32.5 Å². The van der Waals surface area contributed by atoms with Crippen LogP contribution in [0.4, 0.5) is 0 Å². The van der Waals surface area contributed by atoms with Gasteiger partial charge in [0.05, 0.1) is 6.42 Å². The van der Waals surface area contributed by atoms with Crippen molar-refractivity contribution in [1.82, 2.24) is 0 Å². The molecular formula is C7H10O4. The summed E-state index contributed by atoms with van der Waals surface area (Å²) in [7, 11) is 0. The van der Waals surface area contributed by atoms with E-state index in [0.29, 0.717) is 19.3 Å². The smallest absolute Gasteiger partial charge is 0.309 e. The molecule has 11 heavy (non-hydrogen) atoms. The standard InChI is InChI=1S/C7H10O4/c1-2-5(8)10-7-4-3-6(9)11-7/h7H,2-4H2,1H3. The summed E-state index contributed by atoms with van der Waals surface area (Å²) in [5, 5.41) is 0. The Morgan fingerprint density at radius 1 is 1.82 bits per heavy atom. The molecule has 0 spiro atoms. The first-order valence-corrected chi connectivity index (χ1v) is 3.61. The number of cyclic esters (lactones) is 1. The zero-order valence-corrected chi connectivity index (χ0v) is 6.33. The monoisotopic (exact) mass is 158 g/mol. The first kappa shape index (κ1) is 8.04. The Bertz CT molecular complexity index is 175. The lowest BCUT2D eigenvalue weighted by Crippen LogP contribution is -2.16. The predicted octanol–water partition coefficient (Wildman–Crippen LogP) is 0.603. The largest absolute Gasteiger partial charge is 0.425 e. The third-order valence-corrected chi connectivity index (χ3v) is 1.40.